The van der Waals surface area contributed by atoms with E-state index in [1.165, 1.54) is 25.6 Å². The molecule has 3 fully saturated rings. The molecule has 3 heterocycles. The summed E-state index contributed by atoms with van der Waals surface area (Å²) < 4.78 is 41.2. The zero-order valence-electron chi connectivity index (χ0n) is 41.8. The van der Waals surface area contributed by atoms with Crippen LogP contribution >= 0.6 is 0 Å². The fraction of sp³-hybridized carbons (Fsp3) is 0.509. The van der Waals surface area contributed by atoms with Crippen molar-refractivity contribution in [3.8, 4) is 17.6 Å². The minimum Gasteiger partial charge on any atom is -0.495 e. The molecule has 3 aromatic rings. The molecule has 70 heavy (non-hydrogen) atoms. The summed E-state index contributed by atoms with van der Waals surface area (Å²) in [5.74, 6) is 1.14. The number of nitrogens with one attached hydrogen (secondary N) is 3. The first-order valence-corrected chi connectivity index (χ1v) is 24.7. The Morgan fingerprint density at radius 2 is 1.71 bits per heavy atom. The van der Waals surface area contributed by atoms with Crippen LogP contribution in [0.4, 0.5) is 20.2 Å². The van der Waals surface area contributed by atoms with E-state index in [9.17, 15) is 29.0 Å². The van der Waals surface area contributed by atoms with Crippen LogP contribution in [0.2, 0.25) is 0 Å². The van der Waals surface area contributed by atoms with Gasteiger partial charge in [0.2, 0.25) is 5.91 Å². The van der Waals surface area contributed by atoms with Crippen molar-refractivity contribution in [1.29, 1.82) is 10.7 Å². The summed E-state index contributed by atoms with van der Waals surface area (Å²) in [6.45, 7) is 13.2. The number of fused-ring (bicyclic) bond motifs is 1. The zero-order valence-corrected chi connectivity index (χ0v) is 41.8. The Balaban J connectivity index is 0.908. The molecule has 5 aliphatic rings. The van der Waals surface area contributed by atoms with Gasteiger partial charge in [0.05, 0.1) is 19.2 Å². The number of amidine groups is 1. The quantitative estimate of drug-likeness (QED) is 0.102. The van der Waals surface area contributed by atoms with Crippen molar-refractivity contribution in [1.82, 2.24) is 15.5 Å². The number of anilines is 2. The van der Waals surface area contributed by atoms with Gasteiger partial charge in [0.1, 0.15) is 29.5 Å². The van der Waals surface area contributed by atoms with E-state index < -0.39 is 6.43 Å². The van der Waals surface area contributed by atoms with Crippen LogP contribution in [0.15, 0.2) is 77.1 Å². The lowest BCUT2D eigenvalue weighted by Crippen LogP contribution is -2.74. The number of nitrogens with two attached hydrogens (primary N) is 1. The molecule has 0 aromatic heterocycles. The molecule has 2 saturated carbocycles. The van der Waals surface area contributed by atoms with Gasteiger partial charge >= 0.3 is 0 Å². The summed E-state index contributed by atoms with van der Waals surface area (Å²) in [7, 11) is 3.11. The van der Waals surface area contributed by atoms with E-state index in [-0.39, 0.29) is 64.2 Å². The number of aliphatic imine (C=N–C) groups is 1. The highest BCUT2D eigenvalue weighted by molar-refractivity contribution is 6.12. The number of rotatable bonds is 12. The summed E-state index contributed by atoms with van der Waals surface area (Å²) in [4.78, 5) is 36.6. The molecule has 0 radical (unpaired) electrons. The van der Waals surface area contributed by atoms with Crippen molar-refractivity contribution < 1.29 is 27.8 Å². The van der Waals surface area contributed by atoms with Gasteiger partial charge in [0.25, 0.3) is 12.3 Å². The molecule has 5 N–H and O–H groups in total. The number of ether oxygens (including phenoxy) is 2. The molecule has 1 spiro atoms. The monoisotopic (exact) mass is 958 g/mol. The van der Waals surface area contributed by atoms with Crippen molar-refractivity contribution in [3.63, 3.8) is 0 Å². The maximum absolute atomic E-state index is 14.7. The Hall–Kier alpha value is -6.43. The van der Waals surface area contributed by atoms with Gasteiger partial charge in [-0.25, -0.2) is 8.78 Å². The highest BCUT2D eigenvalue weighted by atomic mass is 19.3. The lowest BCUT2D eigenvalue weighted by atomic mass is 9.49. The van der Waals surface area contributed by atoms with Crippen LogP contribution in [0.25, 0.3) is 5.57 Å². The minimum atomic E-state index is -2.76. The fourth-order valence-corrected chi connectivity index (χ4v) is 12.5. The molecule has 0 bridgehead atoms. The summed E-state index contributed by atoms with van der Waals surface area (Å²) in [6, 6.07) is 18.7. The van der Waals surface area contributed by atoms with Crippen LogP contribution < -0.4 is 35.6 Å². The van der Waals surface area contributed by atoms with E-state index in [4.69, 9.17) is 15.2 Å². The number of carbonyl (C=O) groups excluding carboxylic acids is 2. The number of nitrogens with zero attached hydrogens (tertiary/aromatic N) is 5. The van der Waals surface area contributed by atoms with Crippen LogP contribution in [-0.2, 0) is 11.2 Å². The SMILES string of the molecule is CN=C/C(=C\N)c1cc2c(cc1C(F)F)N(C(=N)C1=C(NC3CCC4(CCCN(c5ccc(C(=O)NC6C(C)(C)C(Oc7ccc(C#N)c(OC)c7)C6(C)C)cc5)C4)CC3)CCN(C(C)=O)C1)CCC2. The Morgan fingerprint density at radius 3 is 2.36 bits per heavy atom. The smallest absolute Gasteiger partial charge is 0.264 e. The highest BCUT2D eigenvalue weighted by Crippen LogP contribution is 2.56. The van der Waals surface area contributed by atoms with Crippen molar-refractivity contribution >= 4 is 40.8 Å². The van der Waals surface area contributed by atoms with Crippen LogP contribution in [0.3, 0.4) is 0 Å². The molecule has 13 nitrogen and oxygen atoms in total. The first-order valence-electron chi connectivity index (χ1n) is 24.7. The van der Waals surface area contributed by atoms with Gasteiger partial charge in [0, 0.05) is 127 Å². The number of hydrogen-bond donors (Lipinski definition) is 4. The van der Waals surface area contributed by atoms with Crippen molar-refractivity contribution in [2.24, 2.45) is 27.0 Å². The van der Waals surface area contributed by atoms with Gasteiger partial charge in [-0.1, -0.05) is 27.7 Å². The first-order chi connectivity index (χ1) is 33.4. The van der Waals surface area contributed by atoms with Gasteiger partial charge < -0.3 is 40.5 Å². The molecule has 0 atom stereocenters. The second kappa shape index (κ2) is 20.1. The maximum Gasteiger partial charge on any atom is 0.264 e. The topological polar surface area (TPSA) is 172 Å². The molecule has 372 valence electrons. The van der Waals surface area contributed by atoms with Crippen LogP contribution in [0, 0.1) is 33.0 Å². The van der Waals surface area contributed by atoms with Crippen LogP contribution in [0.5, 0.6) is 11.5 Å². The fourth-order valence-electron chi connectivity index (χ4n) is 12.5. The lowest BCUT2D eigenvalue weighted by molar-refractivity contribution is -0.164. The second-order valence-corrected chi connectivity index (χ2v) is 21.1. The highest BCUT2D eigenvalue weighted by Gasteiger charge is 2.64. The number of hydrogen-bond acceptors (Lipinski definition) is 10. The number of nitriles is 1. The molecular weight excluding hydrogens is 889 g/mol. The number of amides is 2. The van der Waals surface area contributed by atoms with Crippen molar-refractivity contribution in [2.75, 3.05) is 56.7 Å². The number of carbonyl (C=O) groups is 2. The normalized spacial score (nSPS) is 22.1. The average molecular weight is 958 g/mol. The zero-order chi connectivity index (χ0) is 50.1. The molecule has 2 amide bonds. The Kier molecular flexibility index (Phi) is 14.4. The number of alkyl halides is 2. The van der Waals surface area contributed by atoms with Gasteiger partial charge in [-0.2, -0.15) is 5.26 Å². The number of allylic oxidation sites excluding steroid dienone is 1. The largest absolute Gasteiger partial charge is 0.495 e. The van der Waals surface area contributed by atoms with Crippen LogP contribution in [0.1, 0.15) is 125 Å². The van der Waals surface area contributed by atoms with E-state index >= 15 is 0 Å². The van der Waals surface area contributed by atoms with Crippen molar-refractivity contribution in [2.45, 2.75) is 117 Å². The molecule has 8 rings (SSSR count). The van der Waals surface area contributed by atoms with Gasteiger partial charge in [-0.05, 0) is 116 Å². The van der Waals surface area contributed by atoms with Crippen molar-refractivity contribution in [3.05, 3.63) is 99.9 Å². The Bertz CT molecular complexity index is 2610. The summed E-state index contributed by atoms with van der Waals surface area (Å²) in [5.41, 5.74) is 11.2. The Labute approximate surface area is 411 Å². The van der Waals surface area contributed by atoms with Gasteiger partial charge in [0.15, 0.2) is 0 Å². The number of benzene rings is 3. The predicted molar refractivity (Wildman–Crippen MR) is 272 cm³/mol. The van der Waals surface area contributed by atoms with Gasteiger partial charge in [-0.15, -0.1) is 0 Å². The van der Waals surface area contributed by atoms with E-state index in [1.807, 2.05) is 17.0 Å². The molecule has 1 saturated heterocycles. The number of piperidine rings is 1. The lowest BCUT2D eigenvalue weighted by Gasteiger charge is -2.63. The third-order valence-corrected chi connectivity index (χ3v) is 16.0. The third-order valence-electron chi connectivity index (χ3n) is 16.0. The average Bonchev–Trinajstić information content (AvgIpc) is 3.36. The minimum absolute atomic E-state index is 0.0586. The molecule has 3 aromatic carbocycles. The Morgan fingerprint density at radius 1 is 0.986 bits per heavy atom. The summed E-state index contributed by atoms with van der Waals surface area (Å²) >= 11 is 0. The molecular formula is C55H69F2N9O4. The number of halogens is 2. The summed E-state index contributed by atoms with van der Waals surface area (Å²) in [6.07, 6.45) is 8.14. The molecule has 3 aliphatic heterocycles. The van der Waals surface area contributed by atoms with E-state index in [0.29, 0.717) is 65.4 Å². The second-order valence-electron chi connectivity index (χ2n) is 21.1. The summed E-state index contributed by atoms with van der Waals surface area (Å²) in [5, 5.41) is 26.3. The predicted octanol–water partition coefficient (Wildman–Crippen LogP) is 9.17. The molecule has 15 heteroatoms. The number of aryl methyl sites for hydroxylation is 1. The molecule has 2 aliphatic carbocycles. The number of methoxy groups -OCH3 is 1. The third kappa shape index (κ3) is 9.70. The van der Waals surface area contributed by atoms with Gasteiger partial charge in [-0.3, -0.25) is 20.0 Å². The van der Waals surface area contributed by atoms with Crippen LogP contribution in [-0.4, -0.2) is 93.8 Å². The molecule has 0 unspecified atom stereocenters. The maximum atomic E-state index is 14.7. The van der Waals surface area contributed by atoms with E-state index in [0.717, 1.165) is 80.6 Å². The standard InChI is InChI=1S/C55H69F2N9O4/c1-34(67)64-25-19-45(44(32-64)49(60)66-24-8-10-36-26-42(38(30-59)31-61-6)43(48(56)57)28-46(36)66)62-39-17-21-55(22-18-39)20-9-23-65(33-55)40-14-11-35(12-15-40)50(68)63-51-53(2,3)52(54(51,4)5)70-41-16-13-37(29-58)47(27-41)69-7/h11-16,26-28,30-31,39,48,51-52,60,62H,8-10,17-25,32-33,59H2,1-7H3,(H,63,68)/b38-30+,60-49?,61-31?. The van der Waals surface area contributed by atoms with E-state index in [1.54, 1.807) is 43.1 Å². The first kappa shape index (κ1) is 50.0. The van der Waals surface area contributed by atoms with E-state index in [2.05, 4.69) is 66.4 Å².